The SMILES string of the molecule is Cc1cccc(C(=O)N2CCSCC2C(=O)O)n1. The topological polar surface area (TPSA) is 70.5 Å². The van der Waals surface area contributed by atoms with E-state index in [9.17, 15) is 9.59 Å². The van der Waals surface area contributed by atoms with Crippen molar-refractivity contribution >= 4 is 23.6 Å². The van der Waals surface area contributed by atoms with Crippen LogP contribution in [0, 0.1) is 6.92 Å². The van der Waals surface area contributed by atoms with Crippen LogP contribution in [0.4, 0.5) is 0 Å². The largest absolute Gasteiger partial charge is 0.480 e. The van der Waals surface area contributed by atoms with Gasteiger partial charge in [-0.15, -0.1) is 0 Å². The molecule has 0 aromatic carbocycles. The Bertz CT molecular complexity index is 478. The van der Waals surface area contributed by atoms with Gasteiger partial charge >= 0.3 is 5.97 Å². The quantitative estimate of drug-likeness (QED) is 0.865. The molecular formula is C12H14N2O3S. The fraction of sp³-hybridized carbons (Fsp3) is 0.417. The summed E-state index contributed by atoms with van der Waals surface area (Å²) in [6.45, 7) is 2.26. The highest BCUT2D eigenvalue weighted by molar-refractivity contribution is 7.99. The molecule has 2 heterocycles. The van der Waals surface area contributed by atoms with Gasteiger partial charge in [0.2, 0.25) is 0 Å². The molecule has 0 radical (unpaired) electrons. The Morgan fingerprint density at radius 1 is 1.50 bits per heavy atom. The molecule has 0 bridgehead atoms. The van der Waals surface area contributed by atoms with E-state index in [0.29, 0.717) is 18.0 Å². The summed E-state index contributed by atoms with van der Waals surface area (Å²) in [4.78, 5) is 29.0. The first-order valence-corrected chi connectivity index (χ1v) is 6.80. The summed E-state index contributed by atoms with van der Waals surface area (Å²) in [5.41, 5.74) is 1.06. The van der Waals surface area contributed by atoms with Crippen molar-refractivity contribution in [3.8, 4) is 0 Å². The van der Waals surface area contributed by atoms with Crippen molar-refractivity contribution in [3.05, 3.63) is 29.6 Å². The van der Waals surface area contributed by atoms with Crippen molar-refractivity contribution < 1.29 is 14.7 Å². The molecule has 1 N–H and O–H groups in total. The number of hydrogen-bond acceptors (Lipinski definition) is 4. The minimum absolute atomic E-state index is 0.300. The summed E-state index contributed by atoms with van der Waals surface area (Å²) in [6, 6.07) is 4.43. The lowest BCUT2D eigenvalue weighted by molar-refractivity contribution is -0.141. The number of aromatic nitrogens is 1. The maximum Gasteiger partial charge on any atom is 0.327 e. The highest BCUT2D eigenvalue weighted by Crippen LogP contribution is 2.18. The van der Waals surface area contributed by atoms with E-state index in [4.69, 9.17) is 5.11 Å². The third-order valence-electron chi connectivity index (χ3n) is 2.78. The molecule has 0 aliphatic carbocycles. The average Bonchev–Trinajstić information content (AvgIpc) is 2.38. The number of carbonyl (C=O) groups is 2. The van der Waals surface area contributed by atoms with Crippen molar-refractivity contribution in [1.29, 1.82) is 0 Å². The van der Waals surface area contributed by atoms with E-state index in [0.717, 1.165) is 11.4 Å². The van der Waals surface area contributed by atoms with Crippen LogP contribution in [0.15, 0.2) is 18.2 Å². The van der Waals surface area contributed by atoms with Gasteiger partial charge in [-0.1, -0.05) is 6.07 Å². The highest BCUT2D eigenvalue weighted by Gasteiger charge is 2.33. The Morgan fingerprint density at radius 2 is 2.28 bits per heavy atom. The lowest BCUT2D eigenvalue weighted by Gasteiger charge is -2.32. The summed E-state index contributed by atoms with van der Waals surface area (Å²) in [7, 11) is 0. The zero-order valence-corrected chi connectivity index (χ0v) is 10.8. The number of nitrogens with zero attached hydrogens (tertiary/aromatic N) is 2. The molecule has 0 saturated carbocycles. The summed E-state index contributed by atoms with van der Waals surface area (Å²) >= 11 is 1.56. The molecule has 1 aromatic heterocycles. The smallest absolute Gasteiger partial charge is 0.327 e. The number of rotatable bonds is 2. The fourth-order valence-electron chi connectivity index (χ4n) is 1.86. The maximum absolute atomic E-state index is 12.3. The first kappa shape index (κ1) is 12.9. The molecular weight excluding hydrogens is 252 g/mol. The summed E-state index contributed by atoms with van der Waals surface area (Å²) < 4.78 is 0. The predicted molar refractivity (Wildman–Crippen MR) is 68.8 cm³/mol. The van der Waals surface area contributed by atoms with Crippen molar-refractivity contribution in [3.63, 3.8) is 0 Å². The molecule has 5 nitrogen and oxygen atoms in total. The summed E-state index contributed by atoms with van der Waals surface area (Å²) in [5.74, 6) is -0.0524. The molecule has 1 amide bonds. The lowest BCUT2D eigenvalue weighted by Crippen LogP contribution is -2.50. The second-order valence-corrected chi connectivity index (χ2v) is 5.24. The number of aryl methyl sites for hydroxylation is 1. The normalized spacial score (nSPS) is 19.6. The van der Waals surface area contributed by atoms with E-state index in [1.165, 1.54) is 4.90 Å². The van der Waals surface area contributed by atoms with Crippen molar-refractivity contribution in [2.45, 2.75) is 13.0 Å². The van der Waals surface area contributed by atoms with Crippen LogP contribution in [0.5, 0.6) is 0 Å². The second-order valence-electron chi connectivity index (χ2n) is 4.09. The van der Waals surface area contributed by atoms with E-state index in [1.54, 1.807) is 36.9 Å². The zero-order chi connectivity index (χ0) is 13.1. The first-order valence-electron chi connectivity index (χ1n) is 5.65. The Labute approximate surface area is 109 Å². The number of amides is 1. The summed E-state index contributed by atoms with van der Waals surface area (Å²) in [6.07, 6.45) is 0. The van der Waals surface area contributed by atoms with Gasteiger partial charge in [0.25, 0.3) is 5.91 Å². The summed E-state index contributed by atoms with van der Waals surface area (Å²) in [5, 5.41) is 9.13. The van der Waals surface area contributed by atoms with Crippen LogP contribution >= 0.6 is 11.8 Å². The van der Waals surface area contributed by atoms with Crippen LogP contribution in [-0.2, 0) is 4.79 Å². The molecule has 1 atom stereocenters. The second kappa shape index (κ2) is 5.39. The molecule has 1 unspecified atom stereocenters. The molecule has 6 heteroatoms. The van der Waals surface area contributed by atoms with Gasteiger partial charge in [-0.3, -0.25) is 4.79 Å². The van der Waals surface area contributed by atoms with Crippen molar-refractivity contribution in [2.75, 3.05) is 18.1 Å². The molecule has 1 aromatic rings. The zero-order valence-electron chi connectivity index (χ0n) is 10.00. The molecule has 1 aliphatic heterocycles. The number of carbonyl (C=O) groups excluding carboxylic acids is 1. The first-order chi connectivity index (χ1) is 8.59. The molecule has 18 heavy (non-hydrogen) atoms. The minimum Gasteiger partial charge on any atom is -0.480 e. The minimum atomic E-state index is -0.955. The number of pyridine rings is 1. The Kier molecular flexibility index (Phi) is 3.86. The molecule has 1 fully saturated rings. The molecule has 1 aliphatic rings. The average molecular weight is 266 g/mol. The van der Waals surface area contributed by atoms with Crippen LogP contribution in [0.2, 0.25) is 0 Å². The number of thioether (sulfide) groups is 1. The lowest BCUT2D eigenvalue weighted by atomic mass is 10.2. The van der Waals surface area contributed by atoms with E-state index < -0.39 is 12.0 Å². The van der Waals surface area contributed by atoms with Crippen LogP contribution in [-0.4, -0.2) is 51.0 Å². The number of carboxylic acid groups (broad SMARTS) is 1. The third-order valence-corrected chi connectivity index (χ3v) is 3.80. The van der Waals surface area contributed by atoms with Crippen LogP contribution in [0.1, 0.15) is 16.2 Å². The Balaban J connectivity index is 2.23. The van der Waals surface area contributed by atoms with Gasteiger partial charge in [-0.25, -0.2) is 9.78 Å². The van der Waals surface area contributed by atoms with Gasteiger partial charge in [-0.05, 0) is 19.1 Å². The van der Waals surface area contributed by atoms with E-state index in [1.807, 2.05) is 0 Å². The Morgan fingerprint density at radius 3 is 2.94 bits per heavy atom. The standard InChI is InChI=1S/C12H14N2O3S/c1-8-3-2-4-9(13-8)11(15)14-5-6-18-7-10(14)12(16)17/h2-4,10H,5-7H2,1H3,(H,16,17). The number of hydrogen-bond donors (Lipinski definition) is 1. The van der Waals surface area contributed by atoms with Crippen molar-refractivity contribution in [2.24, 2.45) is 0 Å². The molecule has 2 rings (SSSR count). The highest BCUT2D eigenvalue weighted by atomic mass is 32.2. The van der Waals surface area contributed by atoms with Crippen LogP contribution in [0.25, 0.3) is 0 Å². The Hall–Kier alpha value is -1.56. The predicted octanol–water partition coefficient (Wildman–Crippen LogP) is 1.03. The molecule has 96 valence electrons. The molecule has 1 saturated heterocycles. The van der Waals surface area contributed by atoms with Gasteiger partial charge in [0.1, 0.15) is 11.7 Å². The van der Waals surface area contributed by atoms with Crippen LogP contribution < -0.4 is 0 Å². The van der Waals surface area contributed by atoms with Gasteiger partial charge in [0.15, 0.2) is 0 Å². The third kappa shape index (κ3) is 2.64. The fourth-order valence-corrected chi connectivity index (χ4v) is 2.90. The van der Waals surface area contributed by atoms with Gasteiger partial charge < -0.3 is 10.0 Å². The number of carboxylic acids is 1. The maximum atomic E-state index is 12.3. The van der Waals surface area contributed by atoms with E-state index in [-0.39, 0.29) is 5.91 Å². The monoisotopic (exact) mass is 266 g/mol. The van der Waals surface area contributed by atoms with E-state index >= 15 is 0 Å². The van der Waals surface area contributed by atoms with Crippen molar-refractivity contribution in [1.82, 2.24) is 9.88 Å². The van der Waals surface area contributed by atoms with Gasteiger partial charge in [-0.2, -0.15) is 11.8 Å². The van der Waals surface area contributed by atoms with E-state index in [2.05, 4.69) is 4.98 Å². The van der Waals surface area contributed by atoms with Gasteiger partial charge in [0, 0.05) is 23.7 Å². The van der Waals surface area contributed by atoms with Crippen LogP contribution in [0.3, 0.4) is 0 Å². The number of aliphatic carboxylic acids is 1. The molecule has 0 spiro atoms. The van der Waals surface area contributed by atoms with Gasteiger partial charge in [0.05, 0.1) is 0 Å².